The molecule has 1 aliphatic rings. The Morgan fingerprint density at radius 3 is 1.79 bits per heavy atom. The molecule has 0 radical (unpaired) electrons. The molecule has 1 aliphatic carbocycles. The molecule has 3 nitrogen and oxygen atoms in total. The molecule has 0 aromatic carbocycles. The molecule has 0 saturated carbocycles. The lowest BCUT2D eigenvalue weighted by atomic mass is 10.3. The molecule has 14 heavy (non-hydrogen) atoms. The molecule has 0 heterocycles. The zero-order chi connectivity index (χ0) is 11.0. The van der Waals surface area contributed by atoms with Crippen molar-refractivity contribution in [2.24, 2.45) is 0 Å². The molecule has 0 amide bonds. The maximum Gasteiger partial charge on any atom is 0.159 e. The van der Waals surface area contributed by atoms with E-state index in [4.69, 9.17) is 5.11 Å². The van der Waals surface area contributed by atoms with Crippen molar-refractivity contribution in [2.75, 3.05) is 19.6 Å². The highest BCUT2D eigenvalue weighted by atomic mass is 16.3. The van der Waals surface area contributed by atoms with Gasteiger partial charge in [-0.05, 0) is 19.6 Å². The summed E-state index contributed by atoms with van der Waals surface area (Å²) in [6, 6.07) is 0. The van der Waals surface area contributed by atoms with Gasteiger partial charge >= 0.3 is 0 Å². The Labute approximate surface area is 86.4 Å². The van der Waals surface area contributed by atoms with Gasteiger partial charge in [0.1, 0.15) is 0 Å². The van der Waals surface area contributed by atoms with Crippen LogP contribution in [0.4, 0.5) is 0 Å². The minimum atomic E-state index is 0.0394. The van der Waals surface area contributed by atoms with E-state index in [1.165, 1.54) is 25.7 Å². The van der Waals surface area contributed by atoms with Gasteiger partial charge in [0.05, 0.1) is 5.76 Å². The van der Waals surface area contributed by atoms with Crippen LogP contribution >= 0.6 is 0 Å². The minimum Gasteiger partial charge on any atom is -0.512 e. The molecule has 0 unspecified atom stereocenters. The fourth-order valence-electron chi connectivity index (χ4n) is 1.25. The van der Waals surface area contributed by atoms with Crippen LogP contribution < -0.4 is 0 Å². The fourth-order valence-corrected chi connectivity index (χ4v) is 1.25. The number of rotatable bonds is 3. The summed E-state index contributed by atoms with van der Waals surface area (Å²) in [5.41, 5.74) is 0. The molecule has 0 aromatic rings. The Morgan fingerprint density at radius 2 is 1.71 bits per heavy atom. The van der Waals surface area contributed by atoms with Crippen molar-refractivity contribution in [3.8, 4) is 0 Å². The number of aliphatic hydroxyl groups is 1. The van der Waals surface area contributed by atoms with Gasteiger partial charge in [0.15, 0.2) is 5.78 Å². The molecule has 3 heteroatoms. The second-order valence-electron chi connectivity index (χ2n) is 3.22. The Kier molecular flexibility index (Phi) is 7.11. The average molecular weight is 199 g/mol. The summed E-state index contributed by atoms with van der Waals surface area (Å²) in [4.78, 5) is 12.6. The van der Waals surface area contributed by atoms with E-state index >= 15 is 0 Å². The predicted molar refractivity (Wildman–Crippen MR) is 58.4 cm³/mol. The molecule has 0 bridgehead atoms. The molecule has 1 N–H and O–H groups in total. The average Bonchev–Trinajstić information content (AvgIpc) is 2.54. The lowest BCUT2D eigenvalue weighted by molar-refractivity contribution is -0.114. The van der Waals surface area contributed by atoms with Crippen molar-refractivity contribution in [3.05, 3.63) is 11.8 Å². The summed E-state index contributed by atoms with van der Waals surface area (Å²) in [7, 11) is 0. The van der Waals surface area contributed by atoms with Crippen LogP contribution in [-0.4, -0.2) is 35.4 Å². The van der Waals surface area contributed by atoms with Crippen LogP contribution in [-0.2, 0) is 4.79 Å². The van der Waals surface area contributed by atoms with Crippen LogP contribution in [0.1, 0.15) is 33.6 Å². The maximum atomic E-state index is 10.2. The van der Waals surface area contributed by atoms with Gasteiger partial charge in [-0.15, -0.1) is 0 Å². The zero-order valence-corrected chi connectivity index (χ0v) is 9.42. The topological polar surface area (TPSA) is 40.5 Å². The number of hydrogen-bond acceptors (Lipinski definition) is 3. The summed E-state index contributed by atoms with van der Waals surface area (Å²) >= 11 is 0. The van der Waals surface area contributed by atoms with Crippen molar-refractivity contribution in [1.82, 2.24) is 4.90 Å². The minimum absolute atomic E-state index is 0.0394. The van der Waals surface area contributed by atoms with Crippen LogP contribution in [0.5, 0.6) is 0 Å². The molecule has 0 saturated heterocycles. The van der Waals surface area contributed by atoms with Gasteiger partial charge in [-0.2, -0.15) is 0 Å². The summed E-state index contributed by atoms with van der Waals surface area (Å²) in [6.07, 6.45) is 2.31. The second kappa shape index (κ2) is 7.56. The third kappa shape index (κ3) is 5.75. The monoisotopic (exact) mass is 199 g/mol. The predicted octanol–water partition coefficient (Wildman–Crippen LogP) is 2.14. The first-order chi connectivity index (χ1) is 6.63. The first-order valence-corrected chi connectivity index (χ1v) is 5.28. The lowest BCUT2D eigenvalue weighted by Crippen LogP contribution is -2.21. The van der Waals surface area contributed by atoms with Crippen LogP contribution in [0.2, 0.25) is 0 Å². The van der Waals surface area contributed by atoms with E-state index in [0.29, 0.717) is 12.8 Å². The number of allylic oxidation sites excluding steroid dienone is 2. The second-order valence-corrected chi connectivity index (χ2v) is 3.22. The summed E-state index contributed by atoms with van der Waals surface area (Å²) in [5.74, 6) is 0.266. The molecular weight excluding hydrogens is 178 g/mol. The lowest BCUT2D eigenvalue weighted by Gasteiger charge is -2.13. The number of carbonyl (C=O) groups excluding carboxylic acids is 1. The van der Waals surface area contributed by atoms with Crippen LogP contribution in [0.15, 0.2) is 11.8 Å². The van der Waals surface area contributed by atoms with E-state index in [2.05, 4.69) is 25.7 Å². The fraction of sp³-hybridized carbons (Fsp3) is 0.727. The first-order valence-electron chi connectivity index (χ1n) is 5.28. The maximum absolute atomic E-state index is 10.2. The van der Waals surface area contributed by atoms with Crippen molar-refractivity contribution >= 4 is 5.78 Å². The van der Waals surface area contributed by atoms with Gasteiger partial charge in [-0.1, -0.05) is 20.8 Å². The van der Waals surface area contributed by atoms with Crippen molar-refractivity contribution in [3.63, 3.8) is 0 Å². The van der Waals surface area contributed by atoms with E-state index in [0.717, 1.165) is 0 Å². The van der Waals surface area contributed by atoms with E-state index in [1.54, 1.807) is 0 Å². The molecule has 0 aliphatic heterocycles. The largest absolute Gasteiger partial charge is 0.512 e. The van der Waals surface area contributed by atoms with Crippen molar-refractivity contribution < 1.29 is 9.90 Å². The van der Waals surface area contributed by atoms with Crippen molar-refractivity contribution in [1.29, 1.82) is 0 Å². The van der Waals surface area contributed by atoms with Gasteiger partial charge < -0.3 is 10.0 Å². The Bertz CT molecular complexity index is 190. The standard InChI is InChI=1S/C6H15N.C5H6O2/c1-4-7(5-2)6-3;6-4-1-2-5(7)3-4/h4-6H2,1-3H3;3,6H,1-2H2. The van der Waals surface area contributed by atoms with Gasteiger partial charge in [0, 0.05) is 18.9 Å². The first kappa shape index (κ1) is 13.2. The zero-order valence-electron chi connectivity index (χ0n) is 9.42. The molecule has 0 spiro atoms. The highest BCUT2D eigenvalue weighted by molar-refractivity contribution is 5.92. The molecule has 0 atom stereocenters. The Hall–Kier alpha value is -0.830. The third-order valence-corrected chi connectivity index (χ3v) is 2.30. The van der Waals surface area contributed by atoms with Gasteiger partial charge in [0.25, 0.3) is 0 Å². The molecular formula is C11H21NO2. The highest BCUT2D eigenvalue weighted by Crippen LogP contribution is 2.09. The quantitative estimate of drug-likeness (QED) is 0.757. The van der Waals surface area contributed by atoms with E-state index in [-0.39, 0.29) is 11.5 Å². The van der Waals surface area contributed by atoms with E-state index < -0.39 is 0 Å². The smallest absolute Gasteiger partial charge is 0.159 e. The normalized spacial score (nSPS) is 15.1. The summed E-state index contributed by atoms with van der Waals surface area (Å²) in [5, 5.41) is 8.54. The molecule has 82 valence electrons. The molecule has 1 rings (SSSR count). The van der Waals surface area contributed by atoms with Gasteiger partial charge in [-0.25, -0.2) is 0 Å². The van der Waals surface area contributed by atoms with Crippen molar-refractivity contribution in [2.45, 2.75) is 33.6 Å². The van der Waals surface area contributed by atoms with Gasteiger partial charge in [-0.3, -0.25) is 4.79 Å². The van der Waals surface area contributed by atoms with Crippen LogP contribution in [0.25, 0.3) is 0 Å². The molecule has 0 aromatic heterocycles. The van der Waals surface area contributed by atoms with Gasteiger partial charge in [0.2, 0.25) is 0 Å². The number of hydrogen-bond donors (Lipinski definition) is 1. The molecule has 0 fully saturated rings. The summed E-state index contributed by atoms with van der Waals surface area (Å²) < 4.78 is 0. The van der Waals surface area contributed by atoms with Crippen LogP contribution in [0, 0.1) is 0 Å². The van der Waals surface area contributed by atoms with E-state index in [9.17, 15) is 4.79 Å². The number of carbonyl (C=O) groups is 1. The Morgan fingerprint density at radius 1 is 1.21 bits per heavy atom. The summed E-state index contributed by atoms with van der Waals surface area (Å²) in [6.45, 7) is 10.1. The number of ketones is 1. The number of nitrogens with zero attached hydrogens (tertiary/aromatic N) is 1. The number of aliphatic hydroxyl groups excluding tert-OH is 1. The Balaban J connectivity index is 0.000000241. The SMILES string of the molecule is CCN(CC)CC.O=C1C=C(O)CC1. The van der Waals surface area contributed by atoms with Crippen LogP contribution in [0.3, 0.4) is 0 Å². The highest BCUT2D eigenvalue weighted by Gasteiger charge is 2.08. The third-order valence-electron chi connectivity index (χ3n) is 2.30. The van der Waals surface area contributed by atoms with E-state index in [1.807, 2.05) is 0 Å².